The second kappa shape index (κ2) is 8.31. The van der Waals surface area contributed by atoms with Crippen LogP contribution < -0.4 is 5.32 Å². The highest BCUT2D eigenvalue weighted by molar-refractivity contribution is 5.86. The predicted octanol–water partition coefficient (Wildman–Crippen LogP) is 2.26. The molecule has 12 heavy (non-hydrogen) atoms. The second-order valence-corrected chi connectivity index (χ2v) is 2.91. The van der Waals surface area contributed by atoms with Gasteiger partial charge in [-0.05, 0) is 12.5 Å². The van der Waals surface area contributed by atoms with Gasteiger partial charge in [0.15, 0.2) is 0 Å². The van der Waals surface area contributed by atoms with Gasteiger partial charge >= 0.3 is 0 Å². The standard InChI is InChI=1S/C10H19NO/c1-3-5-6-7-8-9-11-10(12)4-2/h4H,2-3,5-9H2,1H3,(H,11,12). The third-order valence-corrected chi connectivity index (χ3v) is 1.76. The third-order valence-electron chi connectivity index (χ3n) is 1.76. The molecule has 2 heteroatoms. The van der Waals surface area contributed by atoms with Gasteiger partial charge in [-0.1, -0.05) is 39.2 Å². The van der Waals surface area contributed by atoms with Gasteiger partial charge in [0.05, 0.1) is 0 Å². The van der Waals surface area contributed by atoms with Crippen LogP contribution >= 0.6 is 0 Å². The number of hydrogen-bond acceptors (Lipinski definition) is 1. The van der Waals surface area contributed by atoms with E-state index in [1.54, 1.807) is 0 Å². The summed E-state index contributed by atoms with van der Waals surface area (Å²) in [4.78, 5) is 10.7. The van der Waals surface area contributed by atoms with E-state index in [0.29, 0.717) is 0 Å². The minimum Gasteiger partial charge on any atom is -0.353 e. The maximum Gasteiger partial charge on any atom is 0.243 e. The van der Waals surface area contributed by atoms with Crippen LogP contribution in [0.1, 0.15) is 39.0 Å². The molecule has 0 aromatic rings. The van der Waals surface area contributed by atoms with Crippen molar-refractivity contribution in [2.75, 3.05) is 6.54 Å². The molecular weight excluding hydrogens is 150 g/mol. The zero-order chi connectivity index (χ0) is 9.23. The topological polar surface area (TPSA) is 29.1 Å². The number of rotatable bonds is 7. The van der Waals surface area contributed by atoms with Crippen LogP contribution in [0.4, 0.5) is 0 Å². The van der Waals surface area contributed by atoms with Crippen molar-refractivity contribution in [2.24, 2.45) is 0 Å². The van der Waals surface area contributed by atoms with E-state index in [9.17, 15) is 4.79 Å². The van der Waals surface area contributed by atoms with Crippen LogP contribution in [0.3, 0.4) is 0 Å². The molecule has 0 radical (unpaired) electrons. The van der Waals surface area contributed by atoms with Gasteiger partial charge in [-0.15, -0.1) is 0 Å². The fourth-order valence-electron chi connectivity index (χ4n) is 1.01. The Kier molecular flexibility index (Phi) is 7.76. The molecule has 0 spiro atoms. The van der Waals surface area contributed by atoms with Crippen molar-refractivity contribution in [3.63, 3.8) is 0 Å². The number of nitrogens with one attached hydrogen (secondary N) is 1. The molecule has 0 aromatic heterocycles. The maximum atomic E-state index is 10.7. The summed E-state index contributed by atoms with van der Waals surface area (Å²) in [5.41, 5.74) is 0. The second-order valence-electron chi connectivity index (χ2n) is 2.91. The minimum absolute atomic E-state index is 0.0644. The van der Waals surface area contributed by atoms with Crippen LogP contribution in [0.25, 0.3) is 0 Å². The quantitative estimate of drug-likeness (QED) is 0.459. The first-order valence-electron chi connectivity index (χ1n) is 4.71. The molecule has 0 aliphatic carbocycles. The van der Waals surface area contributed by atoms with E-state index < -0.39 is 0 Å². The van der Waals surface area contributed by atoms with Crippen LogP contribution in [0, 0.1) is 0 Å². The summed E-state index contributed by atoms with van der Waals surface area (Å²) in [6.45, 7) is 6.36. The van der Waals surface area contributed by atoms with Gasteiger partial charge in [0.25, 0.3) is 0 Å². The molecule has 0 fully saturated rings. The molecule has 1 N–H and O–H groups in total. The number of amides is 1. The smallest absolute Gasteiger partial charge is 0.243 e. The van der Waals surface area contributed by atoms with Crippen LogP contribution in [-0.4, -0.2) is 12.5 Å². The molecular formula is C10H19NO. The molecule has 1 amide bonds. The number of hydrogen-bond donors (Lipinski definition) is 1. The van der Waals surface area contributed by atoms with Gasteiger partial charge in [-0.25, -0.2) is 0 Å². The lowest BCUT2D eigenvalue weighted by Gasteiger charge is -2.00. The molecule has 0 rings (SSSR count). The molecule has 0 saturated heterocycles. The van der Waals surface area contributed by atoms with E-state index in [1.807, 2.05) is 0 Å². The van der Waals surface area contributed by atoms with Crippen molar-refractivity contribution in [3.05, 3.63) is 12.7 Å². The highest BCUT2D eigenvalue weighted by Crippen LogP contribution is 2.00. The zero-order valence-electron chi connectivity index (χ0n) is 7.94. The first-order valence-corrected chi connectivity index (χ1v) is 4.71. The molecule has 70 valence electrons. The highest BCUT2D eigenvalue weighted by Gasteiger charge is 1.92. The molecule has 0 aliphatic heterocycles. The van der Waals surface area contributed by atoms with Crippen LogP contribution in [0.15, 0.2) is 12.7 Å². The van der Waals surface area contributed by atoms with Crippen molar-refractivity contribution in [1.29, 1.82) is 0 Å². The number of carbonyl (C=O) groups is 1. The fraction of sp³-hybridized carbons (Fsp3) is 0.700. The van der Waals surface area contributed by atoms with Gasteiger partial charge in [0.2, 0.25) is 5.91 Å². The highest BCUT2D eigenvalue weighted by atomic mass is 16.1. The van der Waals surface area contributed by atoms with E-state index in [1.165, 1.54) is 31.8 Å². The van der Waals surface area contributed by atoms with Crippen molar-refractivity contribution in [1.82, 2.24) is 5.32 Å². The lowest BCUT2D eigenvalue weighted by atomic mass is 10.1. The predicted molar refractivity (Wildman–Crippen MR) is 52.0 cm³/mol. The van der Waals surface area contributed by atoms with E-state index in [0.717, 1.165) is 13.0 Å². The Morgan fingerprint density at radius 2 is 2.00 bits per heavy atom. The first-order chi connectivity index (χ1) is 5.81. The number of unbranched alkanes of at least 4 members (excludes halogenated alkanes) is 4. The summed E-state index contributed by atoms with van der Waals surface area (Å²) >= 11 is 0. The molecule has 0 aliphatic rings. The Morgan fingerprint density at radius 1 is 1.33 bits per heavy atom. The monoisotopic (exact) mass is 169 g/mol. The van der Waals surface area contributed by atoms with Crippen molar-refractivity contribution < 1.29 is 4.79 Å². The average molecular weight is 169 g/mol. The van der Waals surface area contributed by atoms with Gasteiger partial charge in [-0.2, -0.15) is 0 Å². The lowest BCUT2D eigenvalue weighted by molar-refractivity contribution is -0.116. The van der Waals surface area contributed by atoms with Crippen molar-refractivity contribution in [3.8, 4) is 0 Å². The molecule has 2 nitrogen and oxygen atoms in total. The van der Waals surface area contributed by atoms with Crippen LogP contribution in [-0.2, 0) is 4.79 Å². The normalized spacial score (nSPS) is 9.42. The summed E-state index contributed by atoms with van der Waals surface area (Å²) < 4.78 is 0. The minimum atomic E-state index is -0.0644. The third kappa shape index (κ3) is 7.32. The van der Waals surface area contributed by atoms with Crippen LogP contribution in [0.5, 0.6) is 0 Å². The summed E-state index contributed by atoms with van der Waals surface area (Å²) in [7, 11) is 0. The summed E-state index contributed by atoms with van der Waals surface area (Å²) in [5.74, 6) is -0.0644. The van der Waals surface area contributed by atoms with E-state index in [2.05, 4.69) is 18.8 Å². The Bertz CT molecular complexity index is 132. The summed E-state index contributed by atoms with van der Waals surface area (Å²) in [5, 5.41) is 2.75. The van der Waals surface area contributed by atoms with E-state index in [-0.39, 0.29) is 5.91 Å². The molecule has 0 bridgehead atoms. The molecule has 0 atom stereocenters. The van der Waals surface area contributed by atoms with Gasteiger partial charge in [0.1, 0.15) is 0 Å². The fourth-order valence-corrected chi connectivity index (χ4v) is 1.01. The molecule has 0 unspecified atom stereocenters. The number of carbonyl (C=O) groups excluding carboxylic acids is 1. The Hall–Kier alpha value is -0.790. The van der Waals surface area contributed by atoms with Crippen molar-refractivity contribution >= 4 is 5.91 Å². The first kappa shape index (κ1) is 11.2. The summed E-state index contributed by atoms with van der Waals surface area (Å²) in [6, 6.07) is 0. The summed E-state index contributed by atoms with van der Waals surface area (Å²) in [6.07, 6.45) is 7.45. The van der Waals surface area contributed by atoms with E-state index >= 15 is 0 Å². The van der Waals surface area contributed by atoms with Gasteiger partial charge < -0.3 is 5.32 Å². The lowest BCUT2D eigenvalue weighted by Crippen LogP contribution is -2.21. The largest absolute Gasteiger partial charge is 0.353 e. The Balaban J connectivity index is 3.00. The molecule has 0 saturated carbocycles. The van der Waals surface area contributed by atoms with Crippen LogP contribution in [0.2, 0.25) is 0 Å². The molecule has 0 heterocycles. The maximum absolute atomic E-state index is 10.7. The molecule has 0 aromatic carbocycles. The average Bonchev–Trinajstić information content (AvgIpc) is 2.10. The van der Waals surface area contributed by atoms with Gasteiger partial charge in [0, 0.05) is 6.54 Å². The van der Waals surface area contributed by atoms with Gasteiger partial charge in [-0.3, -0.25) is 4.79 Å². The SMILES string of the molecule is C=CC(=O)NCCCCCCC. The van der Waals surface area contributed by atoms with E-state index in [4.69, 9.17) is 0 Å². The zero-order valence-corrected chi connectivity index (χ0v) is 7.94. The Labute approximate surface area is 75.0 Å². The van der Waals surface area contributed by atoms with Crippen molar-refractivity contribution in [2.45, 2.75) is 39.0 Å². The Morgan fingerprint density at radius 3 is 2.58 bits per heavy atom.